The second-order valence-corrected chi connectivity index (χ2v) is 6.63. The van der Waals surface area contributed by atoms with Gasteiger partial charge in [0, 0.05) is 18.7 Å². The minimum atomic E-state index is -0.205. The summed E-state index contributed by atoms with van der Waals surface area (Å²) < 4.78 is 0. The highest BCUT2D eigenvalue weighted by atomic mass is 16.3. The fourth-order valence-corrected chi connectivity index (χ4v) is 3.46. The lowest BCUT2D eigenvalue weighted by Gasteiger charge is -2.41. The van der Waals surface area contributed by atoms with Gasteiger partial charge in [-0.3, -0.25) is 9.59 Å². The van der Waals surface area contributed by atoms with Crippen molar-refractivity contribution < 1.29 is 14.7 Å². The van der Waals surface area contributed by atoms with Crippen LogP contribution in [0, 0.1) is 6.92 Å². The molecule has 1 saturated heterocycles. The molecule has 3 rings (SSSR count). The first kappa shape index (κ1) is 18.1. The van der Waals surface area contributed by atoms with E-state index in [9.17, 15) is 9.59 Å². The summed E-state index contributed by atoms with van der Waals surface area (Å²) in [5, 5.41) is 9.13. The molecule has 1 fully saturated rings. The smallest absolute Gasteiger partial charge is 0.246 e. The van der Waals surface area contributed by atoms with E-state index in [2.05, 4.69) is 0 Å². The first-order chi connectivity index (χ1) is 12.6. The number of amides is 2. The number of benzene rings is 2. The standard InChI is InChI=1S/C21H24N2O3/c1-16-7-5-6-10-19(16)23-14-18(13-17-8-3-2-4-9-17)22(15-21(23)26)20(25)11-12-24/h2-10,18,24H,11-15H2,1H3/t18-/m0/s1. The second-order valence-electron chi connectivity index (χ2n) is 6.63. The van der Waals surface area contributed by atoms with Crippen molar-refractivity contribution in [2.24, 2.45) is 0 Å². The third-order valence-corrected chi connectivity index (χ3v) is 4.81. The molecule has 0 unspecified atom stereocenters. The first-order valence-corrected chi connectivity index (χ1v) is 8.90. The summed E-state index contributed by atoms with van der Waals surface area (Å²) in [7, 11) is 0. The van der Waals surface area contributed by atoms with Crippen LogP contribution in [0.3, 0.4) is 0 Å². The number of anilines is 1. The van der Waals surface area contributed by atoms with Gasteiger partial charge in [-0.2, -0.15) is 0 Å². The zero-order valence-electron chi connectivity index (χ0n) is 15.0. The van der Waals surface area contributed by atoms with Gasteiger partial charge < -0.3 is 14.9 Å². The third-order valence-electron chi connectivity index (χ3n) is 4.81. The molecule has 2 aromatic rings. The molecular formula is C21H24N2O3. The fraction of sp³-hybridized carbons (Fsp3) is 0.333. The quantitative estimate of drug-likeness (QED) is 0.897. The Morgan fingerprint density at radius 1 is 1.12 bits per heavy atom. The van der Waals surface area contributed by atoms with Gasteiger partial charge in [-0.05, 0) is 30.5 Å². The Labute approximate surface area is 153 Å². The van der Waals surface area contributed by atoms with E-state index < -0.39 is 0 Å². The molecule has 136 valence electrons. The summed E-state index contributed by atoms with van der Waals surface area (Å²) in [5.74, 6) is -0.263. The topological polar surface area (TPSA) is 60.9 Å². The Bertz CT molecular complexity index is 776. The molecule has 1 aliphatic heterocycles. The number of aliphatic hydroxyl groups is 1. The Balaban J connectivity index is 1.88. The average Bonchev–Trinajstić information content (AvgIpc) is 2.64. The normalized spacial score (nSPS) is 17.5. The van der Waals surface area contributed by atoms with Crippen LogP contribution in [0.1, 0.15) is 17.5 Å². The van der Waals surface area contributed by atoms with E-state index in [4.69, 9.17) is 5.11 Å². The highest BCUT2D eigenvalue weighted by Gasteiger charge is 2.35. The first-order valence-electron chi connectivity index (χ1n) is 8.90. The van der Waals surface area contributed by atoms with Crippen molar-refractivity contribution in [1.29, 1.82) is 0 Å². The lowest BCUT2D eigenvalue weighted by molar-refractivity contribution is -0.140. The number of para-hydroxylation sites is 1. The van der Waals surface area contributed by atoms with Gasteiger partial charge in [0.1, 0.15) is 6.54 Å². The van der Waals surface area contributed by atoms with E-state index in [1.54, 1.807) is 9.80 Å². The summed E-state index contributed by atoms with van der Waals surface area (Å²) in [5.41, 5.74) is 3.05. The van der Waals surface area contributed by atoms with Crippen molar-refractivity contribution in [1.82, 2.24) is 4.90 Å². The summed E-state index contributed by atoms with van der Waals surface area (Å²) in [6.07, 6.45) is 0.719. The molecule has 26 heavy (non-hydrogen) atoms. The van der Waals surface area contributed by atoms with E-state index in [0.29, 0.717) is 13.0 Å². The van der Waals surface area contributed by atoms with Gasteiger partial charge in [0.15, 0.2) is 0 Å². The van der Waals surface area contributed by atoms with Gasteiger partial charge in [-0.25, -0.2) is 0 Å². The summed E-state index contributed by atoms with van der Waals surface area (Å²) in [6.45, 7) is 2.28. The largest absolute Gasteiger partial charge is 0.396 e. The monoisotopic (exact) mass is 352 g/mol. The molecule has 1 atom stereocenters. The molecule has 0 saturated carbocycles. The predicted molar refractivity (Wildman–Crippen MR) is 101 cm³/mol. The van der Waals surface area contributed by atoms with Gasteiger partial charge in [0.2, 0.25) is 11.8 Å². The molecule has 5 heteroatoms. The van der Waals surface area contributed by atoms with Crippen LogP contribution in [0.4, 0.5) is 5.69 Å². The molecule has 1 N–H and O–H groups in total. The molecule has 2 aromatic carbocycles. The van der Waals surface area contributed by atoms with Gasteiger partial charge >= 0.3 is 0 Å². The number of rotatable bonds is 5. The Morgan fingerprint density at radius 2 is 1.81 bits per heavy atom. The molecular weight excluding hydrogens is 328 g/mol. The van der Waals surface area contributed by atoms with Gasteiger partial charge in [0.25, 0.3) is 0 Å². The molecule has 0 aromatic heterocycles. The lowest BCUT2D eigenvalue weighted by Crippen LogP contribution is -2.59. The van der Waals surface area contributed by atoms with Crippen LogP contribution in [0.2, 0.25) is 0 Å². The van der Waals surface area contributed by atoms with Crippen LogP contribution < -0.4 is 4.90 Å². The number of hydrogen-bond acceptors (Lipinski definition) is 3. The number of aliphatic hydroxyl groups excluding tert-OH is 1. The molecule has 1 aliphatic rings. The predicted octanol–water partition coefficient (Wildman–Crippen LogP) is 2.16. The highest BCUT2D eigenvalue weighted by molar-refractivity contribution is 5.98. The van der Waals surface area contributed by atoms with Gasteiger partial charge in [-0.15, -0.1) is 0 Å². The summed E-state index contributed by atoms with van der Waals surface area (Å²) >= 11 is 0. The number of carbonyl (C=O) groups is 2. The Morgan fingerprint density at radius 3 is 2.50 bits per heavy atom. The highest BCUT2D eigenvalue weighted by Crippen LogP contribution is 2.25. The van der Waals surface area contributed by atoms with Gasteiger partial charge in [-0.1, -0.05) is 48.5 Å². The van der Waals surface area contributed by atoms with Crippen molar-refractivity contribution in [3.63, 3.8) is 0 Å². The lowest BCUT2D eigenvalue weighted by atomic mass is 10.00. The van der Waals surface area contributed by atoms with Crippen LogP contribution in [0.5, 0.6) is 0 Å². The van der Waals surface area contributed by atoms with Crippen molar-refractivity contribution in [2.45, 2.75) is 25.8 Å². The maximum absolute atomic E-state index is 12.7. The number of piperazine rings is 1. The number of aryl methyl sites for hydroxylation is 1. The fourth-order valence-electron chi connectivity index (χ4n) is 3.46. The Kier molecular flexibility index (Phi) is 5.68. The minimum absolute atomic E-state index is 0.0446. The molecule has 0 bridgehead atoms. The van der Waals surface area contributed by atoms with Crippen molar-refractivity contribution in [2.75, 3.05) is 24.6 Å². The van der Waals surface area contributed by atoms with E-state index in [1.807, 2.05) is 61.5 Å². The van der Waals surface area contributed by atoms with Crippen LogP contribution in [-0.4, -0.2) is 47.6 Å². The van der Waals surface area contributed by atoms with Crippen LogP contribution >= 0.6 is 0 Å². The molecule has 0 radical (unpaired) electrons. The van der Waals surface area contributed by atoms with Crippen LogP contribution in [0.15, 0.2) is 54.6 Å². The van der Waals surface area contributed by atoms with E-state index in [-0.39, 0.29) is 37.4 Å². The summed E-state index contributed by atoms with van der Waals surface area (Å²) in [6, 6.07) is 17.7. The van der Waals surface area contributed by atoms with E-state index in [1.165, 1.54) is 0 Å². The van der Waals surface area contributed by atoms with Crippen LogP contribution in [0.25, 0.3) is 0 Å². The number of hydrogen-bond donors (Lipinski definition) is 1. The molecule has 5 nitrogen and oxygen atoms in total. The maximum atomic E-state index is 12.7. The van der Waals surface area contributed by atoms with E-state index >= 15 is 0 Å². The molecule has 0 aliphatic carbocycles. The van der Waals surface area contributed by atoms with Crippen molar-refractivity contribution in [3.8, 4) is 0 Å². The van der Waals surface area contributed by atoms with Crippen LogP contribution in [-0.2, 0) is 16.0 Å². The van der Waals surface area contributed by atoms with Gasteiger partial charge in [0.05, 0.1) is 12.6 Å². The molecule has 2 amide bonds. The zero-order valence-corrected chi connectivity index (χ0v) is 15.0. The van der Waals surface area contributed by atoms with E-state index in [0.717, 1.165) is 16.8 Å². The third kappa shape index (κ3) is 3.94. The SMILES string of the molecule is Cc1ccccc1N1C[C@H](Cc2ccccc2)N(C(=O)CCO)CC1=O. The summed E-state index contributed by atoms with van der Waals surface area (Å²) in [4.78, 5) is 28.6. The van der Waals surface area contributed by atoms with Crippen molar-refractivity contribution in [3.05, 3.63) is 65.7 Å². The maximum Gasteiger partial charge on any atom is 0.246 e. The second kappa shape index (κ2) is 8.15. The molecule has 0 spiro atoms. The van der Waals surface area contributed by atoms with Crippen molar-refractivity contribution >= 4 is 17.5 Å². The average molecular weight is 352 g/mol. The number of nitrogens with zero attached hydrogens (tertiary/aromatic N) is 2. The number of carbonyl (C=O) groups excluding carboxylic acids is 2. The minimum Gasteiger partial charge on any atom is -0.396 e. The Hall–Kier alpha value is -2.66. The zero-order chi connectivity index (χ0) is 18.5. The molecule has 1 heterocycles.